The van der Waals surface area contributed by atoms with Crippen molar-refractivity contribution in [3.05, 3.63) is 35.4 Å². The van der Waals surface area contributed by atoms with E-state index in [1.165, 1.54) is 24.0 Å². The number of hydrogen-bond donors (Lipinski definition) is 2. The highest BCUT2D eigenvalue weighted by molar-refractivity contribution is 5.79. The molecule has 1 saturated carbocycles. The van der Waals surface area contributed by atoms with Crippen LogP contribution in [0.1, 0.15) is 37.3 Å². The molecule has 1 aromatic carbocycles. The fourth-order valence-electron chi connectivity index (χ4n) is 2.54. The molecule has 5 heteroatoms. The Bertz CT molecular complexity index is 509. The zero-order chi connectivity index (χ0) is 17.9. The molecule has 2 rings (SSSR count). The minimum Gasteiger partial charge on any atom is -0.381 e. The van der Waals surface area contributed by atoms with Gasteiger partial charge in [0.15, 0.2) is 5.96 Å². The lowest BCUT2D eigenvalue weighted by molar-refractivity contribution is 0.123. The first kappa shape index (κ1) is 19.7. The Morgan fingerprint density at radius 1 is 1.16 bits per heavy atom. The van der Waals surface area contributed by atoms with Gasteiger partial charge in [0.05, 0.1) is 6.54 Å². The Morgan fingerprint density at radius 2 is 1.88 bits per heavy atom. The second-order valence-corrected chi connectivity index (χ2v) is 7.05. The minimum atomic E-state index is 0.690. The van der Waals surface area contributed by atoms with Gasteiger partial charge in [0, 0.05) is 32.8 Å². The molecule has 25 heavy (non-hydrogen) atoms. The first-order valence-electron chi connectivity index (χ1n) is 9.50. The van der Waals surface area contributed by atoms with Crippen molar-refractivity contribution in [2.45, 2.75) is 39.3 Å². The summed E-state index contributed by atoms with van der Waals surface area (Å²) < 4.78 is 5.66. The molecule has 0 saturated heterocycles. The molecule has 0 radical (unpaired) electrons. The smallest absolute Gasteiger partial charge is 0.191 e. The SMILES string of the molecule is CCNC(=NCc1ccc(CN(C)C)cc1)NCCCOCC1CC1. The van der Waals surface area contributed by atoms with Crippen LogP contribution >= 0.6 is 0 Å². The summed E-state index contributed by atoms with van der Waals surface area (Å²) >= 11 is 0. The normalized spacial score (nSPS) is 14.8. The van der Waals surface area contributed by atoms with E-state index in [0.29, 0.717) is 6.54 Å². The molecule has 5 nitrogen and oxygen atoms in total. The van der Waals surface area contributed by atoms with Crippen molar-refractivity contribution in [3.63, 3.8) is 0 Å². The van der Waals surface area contributed by atoms with Crippen LogP contribution in [0.5, 0.6) is 0 Å². The highest BCUT2D eigenvalue weighted by Crippen LogP contribution is 2.28. The van der Waals surface area contributed by atoms with Gasteiger partial charge in [0.1, 0.15) is 0 Å². The number of nitrogens with zero attached hydrogens (tertiary/aromatic N) is 2. The van der Waals surface area contributed by atoms with Crippen LogP contribution in [0.3, 0.4) is 0 Å². The average molecular weight is 347 g/mol. The zero-order valence-corrected chi connectivity index (χ0v) is 16.1. The molecule has 0 spiro atoms. The quantitative estimate of drug-likeness (QED) is 0.367. The lowest BCUT2D eigenvalue weighted by Crippen LogP contribution is -2.38. The van der Waals surface area contributed by atoms with Gasteiger partial charge in [-0.05, 0) is 57.3 Å². The van der Waals surface area contributed by atoms with E-state index in [0.717, 1.165) is 51.1 Å². The summed E-state index contributed by atoms with van der Waals surface area (Å²) in [5, 5.41) is 6.69. The highest BCUT2D eigenvalue weighted by atomic mass is 16.5. The third kappa shape index (κ3) is 8.89. The van der Waals surface area contributed by atoms with Crippen LogP contribution in [0.4, 0.5) is 0 Å². The number of hydrogen-bond acceptors (Lipinski definition) is 3. The van der Waals surface area contributed by atoms with Gasteiger partial charge in [-0.15, -0.1) is 0 Å². The van der Waals surface area contributed by atoms with E-state index in [1.54, 1.807) is 0 Å². The van der Waals surface area contributed by atoms with Crippen molar-refractivity contribution < 1.29 is 4.74 Å². The molecule has 1 fully saturated rings. The topological polar surface area (TPSA) is 48.9 Å². The second-order valence-electron chi connectivity index (χ2n) is 7.05. The van der Waals surface area contributed by atoms with E-state index < -0.39 is 0 Å². The van der Waals surface area contributed by atoms with Gasteiger partial charge in [-0.25, -0.2) is 4.99 Å². The standard InChI is InChI=1S/C20H34N4O/c1-4-21-20(22-12-5-13-25-16-19-10-11-19)23-14-17-6-8-18(9-7-17)15-24(2)3/h6-9,19H,4-5,10-16H2,1-3H3,(H2,21,22,23). The summed E-state index contributed by atoms with van der Waals surface area (Å²) in [4.78, 5) is 6.85. The van der Waals surface area contributed by atoms with Crippen LogP contribution in [0.2, 0.25) is 0 Å². The molecule has 1 aromatic rings. The van der Waals surface area contributed by atoms with Crippen molar-refractivity contribution in [2.75, 3.05) is 40.4 Å². The first-order chi connectivity index (χ1) is 12.2. The van der Waals surface area contributed by atoms with E-state index in [4.69, 9.17) is 4.74 Å². The van der Waals surface area contributed by atoms with Crippen molar-refractivity contribution >= 4 is 5.96 Å². The maximum Gasteiger partial charge on any atom is 0.191 e. The highest BCUT2D eigenvalue weighted by Gasteiger charge is 2.20. The molecule has 2 N–H and O–H groups in total. The number of rotatable bonds is 11. The van der Waals surface area contributed by atoms with Crippen molar-refractivity contribution in [2.24, 2.45) is 10.9 Å². The molecule has 1 aliphatic carbocycles. The van der Waals surface area contributed by atoms with Gasteiger partial charge in [-0.3, -0.25) is 0 Å². The summed E-state index contributed by atoms with van der Waals surface area (Å²) in [6, 6.07) is 8.69. The predicted octanol–water partition coefficient (Wildman–Crippen LogP) is 2.62. The van der Waals surface area contributed by atoms with Crippen LogP contribution in [0.25, 0.3) is 0 Å². The predicted molar refractivity (Wildman–Crippen MR) is 105 cm³/mol. The summed E-state index contributed by atoms with van der Waals surface area (Å²) in [6.45, 7) is 7.27. The largest absolute Gasteiger partial charge is 0.381 e. The molecule has 0 atom stereocenters. The summed E-state index contributed by atoms with van der Waals surface area (Å²) in [5.41, 5.74) is 2.56. The fourth-order valence-corrected chi connectivity index (χ4v) is 2.54. The van der Waals surface area contributed by atoms with Gasteiger partial charge in [0.2, 0.25) is 0 Å². The van der Waals surface area contributed by atoms with Crippen LogP contribution in [-0.4, -0.2) is 51.3 Å². The Balaban J connectivity index is 1.69. The number of guanidine groups is 1. The first-order valence-corrected chi connectivity index (χ1v) is 9.50. The molecule has 0 heterocycles. The monoisotopic (exact) mass is 346 g/mol. The van der Waals surface area contributed by atoms with Crippen LogP contribution < -0.4 is 10.6 Å². The molecule has 0 aromatic heterocycles. The number of ether oxygens (including phenoxy) is 1. The summed E-state index contributed by atoms with van der Waals surface area (Å²) in [7, 11) is 4.17. The third-order valence-corrected chi connectivity index (χ3v) is 4.09. The number of benzene rings is 1. The maximum atomic E-state index is 5.66. The van der Waals surface area contributed by atoms with E-state index in [2.05, 4.69) is 65.8 Å². The van der Waals surface area contributed by atoms with E-state index in [-0.39, 0.29) is 0 Å². The van der Waals surface area contributed by atoms with Crippen LogP contribution in [0, 0.1) is 5.92 Å². The number of aliphatic imine (C=N–C) groups is 1. The third-order valence-electron chi connectivity index (χ3n) is 4.09. The minimum absolute atomic E-state index is 0.690. The Morgan fingerprint density at radius 3 is 2.52 bits per heavy atom. The molecule has 0 aliphatic heterocycles. The van der Waals surface area contributed by atoms with E-state index >= 15 is 0 Å². The molecule has 0 bridgehead atoms. The average Bonchev–Trinajstić information content (AvgIpc) is 3.40. The van der Waals surface area contributed by atoms with Gasteiger partial charge in [0.25, 0.3) is 0 Å². The summed E-state index contributed by atoms with van der Waals surface area (Å²) in [6.07, 6.45) is 3.72. The second kappa shape index (κ2) is 11.1. The zero-order valence-electron chi connectivity index (χ0n) is 16.1. The lowest BCUT2D eigenvalue weighted by Gasteiger charge is -2.12. The van der Waals surface area contributed by atoms with Gasteiger partial charge in [-0.1, -0.05) is 24.3 Å². The number of nitrogens with one attached hydrogen (secondary N) is 2. The molecule has 1 aliphatic rings. The van der Waals surface area contributed by atoms with Crippen molar-refractivity contribution in [1.29, 1.82) is 0 Å². The Hall–Kier alpha value is -1.59. The van der Waals surface area contributed by atoms with Gasteiger partial charge in [-0.2, -0.15) is 0 Å². The van der Waals surface area contributed by atoms with E-state index in [1.807, 2.05) is 0 Å². The fraction of sp³-hybridized carbons (Fsp3) is 0.650. The maximum absolute atomic E-state index is 5.66. The van der Waals surface area contributed by atoms with Crippen molar-refractivity contribution in [1.82, 2.24) is 15.5 Å². The molecular weight excluding hydrogens is 312 g/mol. The lowest BCUT2D eigenvalue weighted by atomic mass is 10.1. The van der Waals surface area contributed by atoms with Crippen LogP contribution in [0.15, 0.2) is 29.3 Å². The molecule has 0 amide bonds. The van der Waals surface area contributed by atoms with Gasteiger partial charge >= 0.3 is 0 Å². The molecule has 140 valence electrons. The molecular formula is C20H34N4O. The van der Waals surface area contributed by atoms with Crippen molar-refractivity contribution in [3.8, 4) is 0 Å². The summed E-state index contributed by atoms with van der Waals surface area (Å²) in [5.74, 6) is 1.72. The molecule has 0 unspecified atom stereocenters. The van der Waals surface area contributed by atoms with Gasteiger partial charge < -0.3 is 20.3 Å². The van der Waals surface area contributed by atoms with E-state index in [9.17, 15) is 0 Å². The van der Waals surface area contributed by atoms with Crippen LogP contribution in [-0.2, 0) is 17.8 Å². The Labute approximate surface area is 152 Å². The Kier molecular flexibility index (Phi) is 8.77.